The highest BCUT2D eigenvalue weighted by Crippen LogP contribution is 2.15. The lowest BCUT2D eigenvalue weighted by atomic mass is 10.2. The second-order valence-corrected chi connectivity index (χ2v) is 4.36. The number of nitriles is 1. The topological polar surface area (TPSA) is 100 Å². The van der Waals surface area contributed by atoms with E-state index >= 15 is 0 Å². The summed E-state index contributed by atoms with van der Waals surface area (Å²) in [4.78, 5) is 23.1. The molecule has 1 aromatic rings. The minimum atomic E-state index is -0.540. The van der Waals surface area contributed by atoms with Crippen molar-refractivity contribution in [2.45, 2.75) is 13.3 Å². The minimum Gasteiger partial charge on any atom is -0.497 e. The van der Waals surface area contributed by atoms with E-state index in [1.54, 1.807) is 44.4 Å². The first-order valence-electron chi connectivity index (χ1n) is 7.05. The molecule has 1 rings (SSSR count). The molecular weight excluding hydrogens is 298 g/mol. The van der Waals surface area contributed by atoms with Crippen LogP contribution in [0.2, 0.25) is 0 Å². The van der Waals surface area contributed by atoms with Gasteiger partial charge in [-0.1, -0.05) is 0 Å². The molecule has 0 radical (unpaired) electrons. The van der Waals surface area contributed by atoms with E-state index in [0.29, 0.717) is 18.0 Å². The van der Waals surface area contributed by atoms with Crippen LogP contribution in [0.15, 0.2) is 36.0 Å². The first-order chi connectivity index (χ1) is 11.1. The van der Waals surface area contributed by atoms with Gasteiger partial charge in [-0.25, -0.2) is 0 Å². The van der Waals surface area contributed by atoms with Crippen molar-refractivity contribution >= 4 is 17.6 Å². The lowest BCUT2D eigenvalue weighted by molar-refractivity contribution is -0.142. The first-order valence-corrected chi connectivity index (χ1v) is 7.05. The van der Waals surface area contributed by atoms with E-state index in [9.17, 15) is 9.59 Å². The Bertz CT molecular complexity index is 603. The van der Waals surface area contributed by atoms with Gasteiger partial charge in [0.05, 0.1) is 20.1 Å². The van der Waals surface area contributed by atoms with Gasteiger partial charge in [0, 0.05) is 18.4 Å². The number of nitrogens with one attached hydrogen (secondary N) is 2. The summed E-state index contributed by atoms with van der Waals surface area (Å²) in [5.74, 6) is -0.212. The molecule has 0 aliphatic rings. The molecule has 0 unspecified atom stereocenters. The Kier molecular flexibility index (Phi) is 7.72. The van der Waals surface area contributed by atoms with E-state index in [-0.39, 0.29) is 24.5 Å². The number of hydrogen-bond acceptors (Lipinski definition) is 6. The monoisotopic (exact) mass is 317 g/mol. The summed E-state index contributed by atoms with van der Waals surface area (Å²) in [5.41, 5.74) is 0.452. The van der Waals surface area contributed by atoms with Gasteiger partial charge >= 0.3 is 5.97 Å². The Balaban J connectivity index is 2.52. The molecule has 7 heteroatoms. The number of carbonyl (C=O) groups is 2. The molecule has 7 nitrogen and oxygen atoms in total. The van der Waals surface area contributed by atoms with Crippen LogP contribution in [0.4, 0.5) is 5.69 Å². The molecule has 122 valence electrons. The van der Waals surface area contributed by atoms with E-state index in [2.05, 4.69) is 10.6 Å². The summed E-state index contributed by atoms with van der Waals surface area (Å²) >= 11 is 0. The predicted molar refractivity (Wildman–Crippen MR) is 84.6 cm³/mol. The van der Waals surface area contributed by atoms with Gasteiger partial charge in [0.25, 0.3) is 5.91 Å². The Labute approximate surface area is 134 Å². The van der Waals surface area contributed by atoms with Crippen LogP contribution in [0.1, 0.15) is 13.3 Å². The number of nitrogens with zero attached hydrogens (tertiary/aromatic N) is 1. The summed E-state index contributed by atoms with van der Waals surface area (Å²) in [6.07, 6.45) is 1.43. The van der Waals surface area contributed by atoms with Crippen molar-refractivity contribution in [1.29, 1.82) is 5.26 Å². The van der Waals surface area contributed by atoms with Gasteiger partial charge < -0.3 is 20.1 Å². The fourth-order valence-electron chi connectivity index (χ4n) is 1.60. The van der Waals surface area contributed by atoms with E-state index in [0.717, 1.165) is 0 Å². The molecule has 0 heterocycles. The maximum absolute atomic E-state index is 12.0. The van der Waals surface area contributed by atoms with Gasteiger partial charge in [-0.2, -0.15) is 5.26 Å². The molecule has 2 N–H and O–H groups in total. The molecule has 0 saturated carbocycles. The predicted octanol–water partition coefficient (Wildman–Crippen LogP) is 1.58. The highest BCUT2D eigenvalue weighted by Gasteiger charge is 2.09. The average molecular weight is 317 g/mol. The minimum absolute atomic E-state index is 0.0929. The van der Waals surface area contributed by atoms with Crippen molar-refractivity contribution in [1.82, 2.24) is 5.32 Å². The average Bonchev–Trinajstić information content (AvgIpc) is 2.55. The van der Waals surface area contributed by atoms with Gasteiger partial charge in [-0.15, -0.1) is 0 Å². The van der Waals surface area contributed by atoms with Crippen molar-refractivity contribution in [2.75, 3.05) is 25.6 Å². The molecule has 23 heavy (non-hydrogen) atoms. The van der Waals surface area contributed by atoms with E-state index in [4.69, 9.17) is 14.7 Å². The molecule has 0 bridgehead atoms. The Morgan fingerprint density at radius 1 is 1.30 bits per heavy atom. The SMILES string of the molecule is CCOC(=O)CCN/C=C(/C#N)C(=O)Nc1ccc(OC)cc1. The second kappa shape index (κ2) is 9.84. The number of rotatable bonds is 8. The van der Waals surface area contributed by atoms with Crippen LogP contribution in [-0.2, 0) is 14.3 Å². The van der Waals surface area contributed by atoms with Crippen LogP contribution in [0, 0.1) is 11.3 Å². The zero-order valence-corrected chi connectivity index (χ0v) is 13.1. The zero-order chi connectivity index (χ0) is 17.1. The number of hydrogen-bond donors (Lipinski definition) is 2. The molecule has 1 amide bonds. The van der Waals surface area contributed by atoms with Gasteiger partial charge in [0.2, 0.25) is 0 Å². The third kappa shape index (κ3) is 6.52. The normalized spacial score (nSPS) is 10.4. The van der Waals surface area contributed by atoms with Gasteiger partial charge in [-0.3, -0.25) is 9.59 Å². The van der Waals surface area contributed by atoms with Crippen molar-refractivity contribution in [3.8, 4) is 11.8 Å². The highest BCUT2D eigenvalue weighted by atomic mass is 16.5. The largest absolute Gasteiger partial charge is 0.497 e. The Morgan fingerprint density at radius 3 is 2.57 bits per heavy atom. The van der Waals surface area contributed by atoms with E-state index in [1.165, 1.54) is 6.20 Å². The number of methoxy groups -OCH3 is 1. The summed E-state index contributed by atoms with van der Waals surface area (Å²) in [6.45, 7) is 2.32. The van der Waals surface area contributed by atoms with Gasteiger partial charge in [0.15, 0.2) is 0 Å². The van der Waals surface area contributed by atoms with Crippen LogP contribution in [0.3, 0.4) is 0 Å². The summed E-state index contributed by atoms with van der Waals surface area (Å²) in [6, 6.07) is 8.53. The number of anilines is 1. The van der Waals surface area contributed by atoms with Crippen LogP contribution < -0.4 is 15.4 Å². The standard InChI is InChI=1S/C16H19N3O4/c1-3-23-15(20)8-9-18-11-12(10-17)16(21)19-13-4-6-14(22-2)7-5-13/h4-7,11,18H,3,8-9H2,1-2H3,(H,19,21)/b12-11-. The van der Waals surface area contributed by atoms with E-state index < -0.39 is 5.91 Å². The van der Waals surface area contributed by atoms with Crippen LogP contribution >= 0.6 is 0 Å². The van der Waals surface area contributed by atoms with Crippen molar-refractivity contribution in [3.63, 3.8) is 0 Å². The first kappa shape index (κ1) is 18.0. The third-order valence-corrected chi connectivity index (χ3v) is 2.74. The lowest BCUT2D eigenvalue weighted by Gasteiger charge is -2.06. The number of ether oxygens (including phenoxy) is 2. The molecule has 0 saturated heterocycles. The molecule has 0 fully saturated rings. The maximum atomic E-state index is 12.0. The highest BCUT2D eigenvalue weighted by molar-refractivity contribution is 6.06. The molecule has 0 aromatic heterocycles. The van der Waals surface area contributed by atoms with Crippen molar-refractivity contribution in [3.05, 3.63) is 36.0 Å². The maximum Gasteiger partial charge on any atom is 0.307 e. The molecule has 0 aliphatic carbocycles. The molecular formula is C16H19N3O4. The third-order valence-electron chi connectivity index (χ3n) is 2.74. The Morgan fingerprint density at radius 2 is 2.00 bits per heavy atom. The molecule has 0 spiro atoms. The van der Waals surface area contributed by atoms with Crippen molar-refractivity contribution < 1.29 is 19.1 Å². The zero-order valence-electron chi connectivity index (χ0n) is 13.1. The summed E-state index contributed by atoms with van der Waals surface area (Å²) in [5, 5.41) is 14.4. The smallest absolute Gasteiger partial charge is 0.307 e. The summed E-state index contributed by atoms with van der Waals surface area (Å²) < 4.78 is 9.79. The van der Waals surface area contributed by atoms with Gasteiger partial charge in [0.1, 0.15) is 17.4 Å². The molecule has 0 aliphatic heterocycles. The number of amides is 1. The Hall–Kier alpha value is -3.01. The van der Waals surface area contributed by atoms with Crippen LogP contribution in [-0.4, -0.2) is 32.1 Å². The van der Waals surface area contributed by atoms with E-state index in [1.807, 2.05) is 0 Å². The summed E-state index contributed by atoms with van der Waals surface area (Å²) in [7, 11) is 1.55. The number of esters is 1. The van der Waals surface area contributed by atoms with Crippen molar-refractivity contribution in [2.24, 2.45) is 0 Å². The molecule has 0 atom stereocenters. The fourth-order valence-corrected chi connectivity index (χ4v) is 1.60. The fraction of sp³-hybridized carbons (Fsp3) is 0.312. The lowest BCUT2D eigenvalue weighted by Crippen LogP contribution is -2.19. The quantitative estimate of drug-likeness (QED) is 0.327. The van der Waals surface area contributed by atoms with Crippen LogP contribution in [0.25, 0.3) is 0 Å². The van der Waals surface area contributed by atoms with Crippen LogP contribution in [0.5, 0.6) is 5.75 Å². The second-order valence-electron chi connectivity index (χ2n) is 4.36. The van der Waals surface area contributed by atoms with Gasteiger partial charge in [-0.05, 0) is 31.2 Å². The molecule has 1 aromatic carbocycles. The number of benzene rings is 1. The number of carbonyl (C=O) groups excluding carboxylic acids is 2.